The molecule has 1 aliphatic heterocycles. The molecule has 2 rings (SSSR count). The van der Waals surface area contributed by atoms with Crippen molar-refractivity contribution in [1.82, 2.24) is 9.80 Å². The van der Waals surface area contributed by atoms with E-state index in [0.717, 1.165) is 5.57 Å². The molecule has 172 valence electrons. The van der Waals surface area contributed by atoms with Crippen molar-refractivity contribution in [3.63, 3.8) is 0 Å². The number of benzene rings is 1. The average molecular weight is 441 g/mol. The average Bonchev–Trinajstić information content (AvgIpc) is 2.77. The quantitative estimate of drug-likeness (QED) is 0.585. The van der Waals surface area contributed by atoms with Gasteiger partial charge in [-0.05, 0) is 49.1 Å². The van der Waals surface area contributed by atoms with Crippen LogP contribution in [0.4, 0.5) is 4.39 Å². The molecule has 0 spiro atoms. The van der Waals surface area contributed by atoms with Gasteiger partial charge in [-0.15, -0.1) is 0 Å². The number of halogens is 1. The summed E-state index contributed by atoms with van der Waals surface area (Å²) >= 11 is 0. The lowest BCUT2D eigenvalue weighted by atomic mass is 9.88. The Morgan fingerprint density at radius 2 is 2.00 bits per heavy atom. The van der Waals surface area contributed by atoms with Crippen molar-refractivity contribution in [2.24, 2.45) is 10.7 Å². The van der Waals surface area contributed by atoms with Crippen LogP contribution >= 0.6 is 0 Å². The third-order valence-electron chi connectivity index (χ3n) is 6.20. The lowest BCUT2D eigenvalue weighted by Gasteiger charge is -2.36. The van der Waals surface area contributed by atoms with E-state index < -0.39 is 11.4 Å². The van der Waals surface area contributed by atoms with E-state index in [0.29, 0.717) is 18.4 Å². The first-order valence-electron chi connectivity index (χ1n) is 10.8. The molecular formula is C25H33FN4O2. The van der Waals surface area contributed by atoms with Crippen molar-refractivity contribution < 1.29 is 14.0 Å². The van der Waals surface area contributed by atoms with Gasteiger partial charge < -0.3 is 10.6 Å². The summed E-state index contributed by atoms with van der Waals surface area (Å²) in [7, 11) is 1.64. The van der Waals surface area contributed by atoms with E-state index in [1.807, 2.05) is 20.8 Å². The Morgan fingerprint density at radius 3 is 2.53 bits per heavy atom. The highest BCUT2D eigenvalue weighted by Gasteiger charge is 2.37. The van der Waals surface area contributed by atoms with Gasteiger partial charge in [0.05, 0.1) is 24.5 Å². The Labute approximate surface area is 190 Å². The zero-order valence-corrected chi connectivity index (χ0v) is 19.4. The number of nitrogens with zero attached hydrogens (tertiary/aromatic N) is 3. The molecule has 7 heteroatoms. The number of hydrogen-bond donors (Lipinski definition) is 1. The molecule has 2 amide bonds. The number of hydrogen-bond acceptors (Lipinski definition) is 4. The number of aliphatic imine (C=N–C) groups is 1. The van der Waals surface area contributed by atoms with Crippen LogP contribution in [0, 0.1) is 5.82 Å². The molecule has 1 heterocycles. The fourth-order valence-electron chi connectivity index (χ4n) is 3.84. The first-order chi connectivity index (χ1) is 15.1. The van der Waals surface area contributed by atoms with E-state index in [4.69, 9.17) is 5.73 Å². The maximum absolute atomic E-state index is 14.4. The van der Waals surface area contributed by atoms with Crippen LogP contribution in [-0.2, 0) is 11.3 Å². The van der Waals surface area contributed by atoms with E-state index in [9.17, 15) is 14.0 Å². The summed E-state index contributed by atoms with van der Waals surface area (Å²) in [6.07, 6.45) is 6.72. The molecule has 0 bridgehead atoms. The number of nitrogens with two attached hydrogens (primary N) is 1. The van der Waals surface area contributed by atoms with Crippen molar-refractivity contribution in [2.75, 3.05) is 7.05 Å². The molecular weight excluding hydrogens is 407 g/mol. The van der Waals surface area contributed by atoms with Crippen LogP contribution in [0.1, 0.15) is 56.0 Å². The number of amides is 2. The van der Waals surface area contributed by atoms with Gasteiger partial charge in [0.25, 0.3) is 5.91 Å². The Kier molecular flexibility index (Phi) is 8.14. The van der Waals surface area contributed by atoms with E-state index in [-0.39, 0.29) is 42.3 Å². The van der Waals surface area contributed by atoms with Crippen molar-refractivity contribution >= 4 is 17.8 Å². The maximum atomic E-state index is 14.4. The van der Waals surface area contributed by atoms with Crippen LogP contribution in [0.5, 0.6) is 0 Å². The molecule has 0 radical (unpaired) electrons. The van der Waals surface area contributed by atoms with Gasteiger partial charge in [-0.25, -0.2) is 9.38 Å². The summed E-state index contributed by atoms with van der Waals surface area (Å²) in [5, 5.41) is 0. The monoisotopic (exact) mass is 440 g/mol. The molecule has 1 unspecified atom stereocenters. The van der Waals surface area contributed by atoms with Gasteiger partial charge in [0.15, 0.2) is 5.96 Å². The van der Waals surface area contributed by atoms with Crippen molar-refractivity contribution in [3.8, 4) is 0 Å². The van der Waals surface area contributed by atoms with Gasteiger partial charge in [0, 0.05) is 12.6 Å². The van der Waals surface area contributed by atoms with Crippen LogP contribution in [0.15, 0.2) is 60.2 Å². The predicted octanol–water partition coefficient (Wildman–Crippen LogP) is 4.19. The molecule has 2 N–H and O–H groups in total. The molecule has 0 saturated heterocycles. The van der Waals surface area contributed by atoms with E-state index in [2.05, 4.69) is 18.2 Å². The molecule has 1 aliphatic rings. The fraction of sp³-hybridized carbons (Fsp3) is 0.400. The second-order valence-electron chi connectivity index (χ2n) is 8.10. The Balaban J connectivity index is 2.31. The lowest BCUT2D eigenvalue weighted by Crippen LogP contribution is -2.50. The largest absolute Gasteiger partial charge is 0.369 e. The van der Waals surface area contributed by atoms with Crippen LogP contribution < -0.4 is 5.73 Å². The summed E-state index contributed by atoms with van der Waals surface area (Å²) < 4.78 is 14.4. The summed E-state index contributed by atoms with van der Waals surface area (Å²) in [6.45, 7) is 13.3. The van der Waals surface area contributed by atoms with E-state index in [1.165, 1.54) is 21.9 Å². The van der Waals surface area contributed by atoms with Crippen molar-refractivity contribution in [1.29, 1.82) is 0 Å². The Morgan fingerprint density at radius 1 is 1.34 bits per heavy atom. The van der Waals surface area contributed by atoms with E-state index >= 15 is 0 Å². The van der Waals surface area contributed by atoms with Crippen LogP contribution in [0.3, 0.4) is 0 Å². The number of likely N-dealkylation sites (N-methyl/N-ethyl adjacent to an activating group) is 1. The minimum atomic E-state index is -0.561. The molecule has 6 nitrogen and oxygen atoms in total. The zero-order chi connectivity index (χ0) is 24.1. The molecule has 0 fully saturated rings. The molecule has 1 aromatic rings. The number of allylic oxidation sites excluding steroid dienone is 2. The lowest BCUT2D eigenvalue weighted by molar-refractivity contribution is -0.130. The smallest absolute Gasteiger partial charge is 0.254 e. The summed E-state index contributed by atoms with van der Waals surface area (Å²) in [6, 6.07) is 3.79. The van der Waals surface area contributed by atoms with Crippen LogP contribution in [0.2, 0.25) is 0 Å². The van der Waals surface area contributed by atoms with Gasteiger partial charge in [-0.1, -0.05) is 45.2 Å². The fourth-order valence-corrected chi connectivity index (χ4v) is 3.84. The molecule has 1 aromatic carbocycles. The Hall–Kier alpha value is -3.22. The number of carbonyl (C=O) groups is 2. The highest BCUT2D eigenvalue weighted by molar-refractivity contribution is 5.99. The first kappa shape index (κ1) is 25.0. The van der Waals surface area contributed by atoms with Gasteiger partial charge in [-0.2, -0.15) is 0 Å². The molecule has 1 atom stereocenters. The molecule has 0 saturated carbocycles. The number of guanidine groups is 1. The van der Waals surface area contributed by atoms with Gasteiger partial charge in [0.2, 0.25) is 5.91 Å². The van der Waals surface area contributed by atoms with Crippen molar-refractivity contribution in [2.45, 2.75) is 58.2 Å². The minimum Gasteiger partial charge on any atom is -0.369 e. The highest BCUT2D eigenvalue weighted by Crippen LogP contribution is 2.30. The summed E-state index contributed by atoms with van der Waals surface area (Å²) in [5.41, 5.74) is 7.09. The Bertz CT molecular complexity index is 963. The van der Waals surface area contributed by atoms with Crippen LogP contribution in [-0.4, -0.2) is 46.2 Å². The topological polar surface area (TPSA) is 79.0 Å². The summed E-state index contributed by atoms with van der Waals surface area (Å²) in [5.74, 6) is -0.946. The third kappa shape index (κ3) is 5.33. The molecule has 0 aromatic heterocycles. The summed E-state index contributed by atoms with van der Waals surface area (Å²) in [4.78, 5) is 33.2. The second-order valence-corrected chi connectivity index (χ2v) is 8.10. The SMILES string of the molecule is C=C/C=C(\C=C)C(C)N(C)C(=O)c1cc(F)cc(CN2C(=O)CC(CC)(CC)N=C2N)c1. The number of rotatable bonds is 9. The molecule has 32 heavy (non-hydrogen) atoms. The number of carbonyl (C=O) groups excluding carboxylic acids is 2. The predicted molar refractivity (Wildman–Crippen MR) is 127 cm³/mol. The standard InChI is InChI=1S/C25H33FN4O2/c1-7-11-19(8-2)17(5)29(6)23(32)20-12-18(13-21(26)14-20)16-30-22(31)15-25(9-3,10-4)28-24(30)27/h7-8,11-14,17H,1-2,9-10,15-16H2,3-6H3,(H2,27,28)/b19-11+. The second kappa shape index (κ2) is 10.4. The maximum Gasteiger partial charge on any atom is 0.254 e. The zero-order valence-electron chi connectivity index (χ0n) is 19.4. The van der Waals surface area contributed by atoms with Gasteiger partial charge in [0.1, 0.15) is 5.82 Å². The van der Waals surface area contributed by atoms with Crippen LogP contribution in [0.25, 0.3) is 0 Å². The third-order valence-corrected chi connectivity index (χ3v) is 6.20. The highest BCUT2D eigenvalue weighted by atomic mass is 19.1. The van der Waals surface area contributed by atoms with E-state index in [1.54, 1.807) is 31.3 Å². The van der Waals surface area contributed by atoms with Crippen molar-refractivity contribution in [3.05, 3.63) is 72.1 Å². The molecule has 0 aliphatic carbocycles. The van der Waals surface area contributed by atoms with Gasteiger partial charge in [-0.3, -0.25) is 14.5 Å². The minimum absolute atomic E-state index is 0.0449. The normalized spacial score (nSPS) is 16.9. The van der Waals surface area contributed by atoms with Gasteiger partial charge >= 0.3 is 0 Å². The first-order valence-corrected chi connectivity index (χ1v) is 10.8.